The number of hydrogen-bond donors (Lipinski definition) is 0. The molecule has 4 nitrogen and oxygen atoms in total. The highest BCUT2D eigenvalue weighted by Crippen LogP contribution is 2.39. The molecule has 0 aromatic rings. The van der Waals surface area contributed by atoms with Crippen molar-refractivity contribution in [2.45, 2.75) is 19.9 Å². The van der Waals surface area contributed by atoms with Gasteiger partial charge in [0.05, 0.1) is 17.9 Å². The van der Waals surface area contributed by atoms with Gasteiger partial charge in [0.25, 0.3) is 0 Å². The minimum Gasteiger partial charge on any atom is -0.298 e. The van der Waals surface area contributed by atoms with Gasteiger partial charge in [-0.05, 0) is 13.8 Å². The van der Waals surface area contributed by atoms with Crippen molar-refractivity contribution in [2.24, 2.45) is 21.6 Å². The summed E-state index contributed by atoms with van der Waals surface area (Å²) in [5, 5.41) is 7.50. The fourth-order valence-electron chi connectivity index (χ4n) is 1.82. The average molecular weight is 166 g/mol. The lowest BCUT2D eigenvalue weighted by atomic mass is 9.88. The molecular formula is C8H10N2O2. The first kappa shape index (κ1) is 7.58. The lowest BCUT2D eigenvalue weighted by molar-refractivity contribution is -0.133. The second-order valence-corrected chi connectivity index (χ2v) is 3.84. The number of carbonyl (C=O) groups excluding carboxylic acids is 2. The monoisotopic (exact) mass is 166 g/mol. The molecule has 0 spiro atoms. The largest absolute Gasteiger partial charge is 0.298 e. The first-order valence-electron chi connectivity index (χ1n) is 4.00. The standard InChI is InChI=1S/C8H10N2O2/c1-8(2)6(11)4-3-9-10-5(4)7(8)12/h4-5H,3H2,1-2H3/t4-,5+/m0/s1. The minimum atomic E-state index is -0.825. The Morgan fingerprint density at radius 1 is 1.33 bits per heavy atom. The van der Waals surface area contributed by atoms with E-state index in [9.17, 15) is 9.59 Å². The van der Waals surface area contributed by atoms with Crippen LogP contribution in [0.1, 0.15) is 13.8 Å². The molecule has 1 aliphatic heterocycles. The second-order valence-electron chi connectivity index (χ2n) is 3.84. The molecule has 0 saturated heterocycles. The van der Waals surface area contributed by atoms with E-state index < -0.39 is 11.5 Å². The van der Waals surface area contributed by atoms with Crippen LogP contribution < -0.4 is 0 Å². The van der Waals surface area contributed by atoms with Gasteiger partial charge in [0.2, 0.25) is 0 Å². The van der Waals surface area contributed by atoms with Crippen molar-refractivity contribution < 1.29 is 9.59 Å². The summed E-state index contributed by atoms with van der Waals surface area (Å²) in [6, 6.07) is -0.465. The predicted octanol–water partition coefficient (Wildman–Crippen LogP) is 0.615. The van der Waals surface area contributed by atoms with Gasteiger partial charge in [0.15, 0.2) is 11.6 Å². The third-order valence-corrected chi connectivity index (χ3v) is 2.70. The van der Waals surface area contributed by atoms with Crippen LogP contribution in [-0.4, -0.2) is 24.2 Å². The van der Waals surface area contributed by atoms with Gasteiger partial charge in [-0.1, -0.05) is 0 Å². The maximum atomic E-state index is 11.6. The number of Topliss-reactive ketones (excluding diaryl/α,β-unsaturated/α-hetero) is 2. The first-order chi connectivity index (χ1) is 5.55. The number of rotatable bonds is 0. The van der Waals surface area contributed by atoms with Crippen molar-refractivity contribution in [3.8, 4) is 0 Å². The molecule has 2 rings (SSSR count). The molecule has 1 fully saturated rings. The number of hydrogen-bond acceptors (Lipinski definition) is 4. The molecular weight excluding hydrogens is 156 g/mol. The lowest BCUT2D eigenvalue weighted by Crippen LogP contribution is -2.28. The van der Waals surface area contributed by atoms with Gasteiger partial charge in [0, 0.05) is 0 Å². The Morgan fingerprint density at radius 3 is 2.58 bits per heavy atom. The molecule has 0 unspecified atom stereocenters. The summed E-state index contributed by atoms with van der Waals surface area (Å²) in [5.74, 6) is -0.325. The second kappa shape index (κ2) is 2.00. The number of azo groups is 1. The molecule has 0 aromatic heterocycles. The van der Waals surface area contributed by atoms with Gasteiger partial charge in [-0.15, -0.1) is 0 Å². The summed E-state index contributed by atoms with van der Waals surface area (Å²) in [6.07, 6.45) is 0. The van der Waals surface area contributed by atoms with E-state index in [-0.39, 0.29) is 17.5 Å². The number of carbonyl (C=O) groups is 2. The molecule has 64 valence electrons. The Balaban J connectivity index is 2.44. The van der Waals surface area contributed by atoms with Gasteiger partial charge in [-0.25, -0.2) is 0 Å². The van der Waals surface area contributed by atoms with Crippen molar-refractivity contribution in [3.05, 3.63) is 0 Å². The van der Waals surface area contributed by atoms with E-state index in [1.54, 1.807) is 13.8 Å². The molecule has 1 saturated carbocycles. The molecule has 0 amide bonds. The highest BCUT2D eigenvalue weighted by atomic mass is 16.2. The van der Waals surface area contributed by atoms with Crippen molar-refractivity contribution >= 4 is 11.6 Å². The van der Waals surface area contributed by atoms with Crippen LogP contribution in [0.15, 0.2) is 10.2 Å². The first-order valence-corrected chi connectivity index (χ1v) is 4.00. The van der Waals surface area contributed by atoms with Gasteiger partial charge in [-0.3, -0.25) is 9.59 Å². The molecule has 0 aromatic carbocycles. The quantitative estimate of drug-likeness (QED) is 0.495. The average Bonchev–Trinajstić information content (AvgIpc) is 2.53. The number of fused-ring (bicyclic) bond motifs is 1. The van der Waals surface area contributed by atoms with E-state index in [2.05, 4.69) is 10.2 Å². The molecule has 4 heteroatoms. The molecule has 2 atom stereocenters. The van der Waals surface area contributed by atoms with Crippen LogP contribution in [0.4, 0.5) is 0 Å². The molecule has 12 heavy (non-hydrogen) atoms. The molecule has 0 bridgehead atoms. The summed E-state index contributed by atoms with van der Waals surface area (Å²) in [4.78, 5) is 23.1. The van der Waals surface area contributed by atoms with Crippen LogP contribution in [0.5, 0.6) is 0 Å². The van der Waals surface area contributed by atoms with E-state index >= 15 is 0 Å². The molecule has 2 aliphatic rings. The van der Waals surface area contributed by atoms with E-state index in [4.69, 9.17) is 0 Å². The highest BCUT2D eigenvalue weighted by molar-refractivity contribution is 6.16. The topological polar surface area (TPSA) is 58.9 Å². The zero-order chi connectivity index (χ0) is 8.93. The van der Waals surface area contributed by atoms with Gasteiger partial charge >= 0.3 is 0 Å². The number of ketones is 2. The number of nitrogens with zero attached hydrogens (tertiary/aromatic N) is 2. The molecule has 0 radical (unpaired) electrons. The SMILES string of the molecule is CC1(C)C(=O)[C@H]2CN=N[C@H]2C1=O. The fraction of sp³-hybridized carbons (Fsp3) is 0.750. The maximum Gasteiger partial charge on any atom is 0.172 e. The Kier molecular flexibility index (Phi) is 1.26. The van der Waals surface area contributed by atoms with Gasteiger partial charge in [0.1, 0.15) is 6.04 Å². The summed E-state index contributed by atoms with van der Waals surface area (Å²) in [5.41, 5.74) is -0.825. The summed E-state index contributed by atoms with van der Waals surface area (Å²) in [6.45, 7) is 3.75. The summed E-state index contributed by atoms with van der Waals surface area (Å²) in [7, 11) is 0. The normalized spacial score (nSPS) is 37.5. The van der Waals surface area contributed by atoms with Crippen LogP contribution in [0, 0.1) is 11.3 Å². The van der Waals surface area contributed by atoms with Crippen LogP contribution in [0.3, 0.4) is 0 Å². The van der Waals surface area contributed by atoms with E-state index in [1.807, 2.05) is 0 Å². The van der Waals surface area contributed by atoms with Gasteiger partial charge in [-0.2, -0.15) is 10.2 Å². The van der Waals surface area contributed by atoms with E-state index in [1.165, 1.54) is 0 Å². The van der Waals surface area contributed by atoms with Crippen LogP contribution >= 0.6 is 0 Å². The Bertz CT molecular complexity index is 293. The Morgan fingerprint density at radius 2 is 2.00 bits per heavy atom. The summed E-state index contributed by atoms with van der Waals surface area (Å²) >= 11 is 0. The zero-order valence-corrected chi connectivity index (χ0v) is 7.07. The van der Waals surface area contributed by atoms with Crippen molar-refractivity contribution in [1.29, 1.82) is 0 Å². The van der Waals surface area contributed by atoms with E-state index in [0.29, 0.717) is 6.54 Å². The highest BCUT2D eigenvalue weighted by Gasteiger charge is 2.56. The van der Waals surface area contributed by atoms with Crippen molar-refractivity contribution in [2.75, 3.05) is 6.54 Å². The maximum absolute atomic E-state index is 11.6. The Labute approximate surface area is 70.1 Å². The van der Waals surface area contributed by atoms with Crippen LogP contribution in [0.25, 0.3) is 0 Å². The third-order valence-electron chi connectivity index (χ3n) is 2.70. The van der Waals surface area contributed by atoms with Crippen LogP contribution in [0.2, 0.25) is 0 Å². The van der Waals surface area contributed by atoms with Crippen LogP contribution in [-0.2, 0) is 9.59 Å². The molecule has 1 heterocycles. The third kappa shape index (κ3) is 0.673. The summed E-state index contributed by atoms with van der Waals surface area (Å²) < 4.78 is 0. The fourth-order valence-corrected chi connectivity index (χ4v) is 1.82. The van der Waals surface area contributed by atoms with Gasteiger partial charge < -0.3 is 0 Å². The van der Waals surface area contributed by atoms with E-state index in [0.717, 1.165) is 0 Å². The Hall–Kier alpha value is -1.06. The minimum absolute atomic E-state index is 0.00231. The van der Waals surface area contributed by atoms with Crippen molar-refractivity contribution in [3.63, 3.8) is 0 Å². The lowest BCUT2D eigenvalue weighted by Gasteiger charge is -2.12. The zero-order valence-electron chi connectivity index (χ0n) is 7.07. The predicted molar refractivity (Wildman–Crippen MR) is 40.8 cm³/mol. The molecule has 0 N–H and O–H groups in total. The van der Waals surface area contributed by atoms with Crippen molar-refractivity contribution in [1.82, 2.24) is 0 Å². The smallest absolute Gasteiger partial charge is 0.172 e. The molecule has 1 aliphatic carbocycles.